The zero-order valence-electron chi connectivity index (χ0n) is 11.4. The van der Waals surface area contributed by atoms with Crippen molar-refractivity contribution in [2.45, 2.75) is 38.8 Å². The number of rotatable bonds is 2. The number of piperidine rings is 1. The Labute approximate surface area is 107 Å². The van der Waals surface area contributed by atoms with E-state index in [-0.39, 0.29) is 6.04 Å². The fourth-order valence-electron chi connectivity index (χ4n) is 2.00. The number of aliphatic carboxylic acids is 1. The maximum absolute atomic E-state index is 11.6. The summed E-state index contributed by atoms with van der Waals surface area (Å²) in [6.07, 6.45) is 0.0653. The molecule has 0 unspecified atom stereocenters. The molecule has 2 atom stereocenters. The van der Waals surface area contributed by atoms with Crippen molar-refractivity contribution < 1.29 is 19.4 Å². The van der Waals surface area contributed by atoms with Crippen LogP contribution in [0.4, 0.5) is 4.79 Å². The molecule has 1 fully saturated rings. The molecule has 0 spiro atoms. The molecule has 1 saturated heterocycles. The molecule has 6 nitrogen and oxygen atoms in total. The van der Waals surface area contributed by atoms with Crippen molar-refractivity contribution in [3.63, 3.8) is 0 Å². The van der Waals surface area contributed by atoms with E-state index in [9.17, 15) is 9.59 Å². The van der Waals surface area contributed by atoms with Crippen molar-refractivity contribution in [1.29, 1.82) is 0 Å². The number of hydrogen-bond acceptors (Lipinski definition) is 4. The Balaban J connectivity index is 2.59. The van der Waals surface area contributed by atoms with Gasteiger partial charge in [0.05, 0.1) is 5.92 Å². The van der Waals surface area contributed by atoms with Crippen LogP contribution in [0.1, 0.15) is 27.2 Å². The highest BCUT2D eigenvalue weighted by molar-refractivity contribution is 5.74. The van der Waals surface area contributed by atoms with Crippen LogP contribution in [0.3, 0.4) is 0 Å². The lowest BCUT2D eigenvalue weighted by Gasteiger charge is -2.35. The molecule has 0 aliphatic carbocycles. The standard InChI is InChI=1S/C12H22N2O4/c1-12(2,3)18-11(17)13-9-5-6-14(4)7-8(9)10(15)16/h8-9H,5-7H2,1-4H3,(H,13,17)(H,15,16)/t8-,9-/m1/s1. The number of carboxylic acid groups (broad SMARTS) is 1. The lowest BCUT2D eigenvalue weighted by molar-refractivity contribution is -0.144. The van der Waals surface area contributed by atoms with E-state index in [2.05, 4.69) is 5.32 Å². The van der Waals surface area contributed by atoms with Crippen LogP contribution in [-0.4, -0.2) is 53.8 Å². The average molecular weight is 258 g/mol. The summed E-state index contributed by atoms with van der Waals surface area (Å²) in [7, 11) is 1.87. The van der Waals surface area contributed by atoms with Gasteiger partial charge < -0.3 is 20.1 Å². The van der Waals surface area contributed by atoms with Crippen LogP contribution in [0.5, 0.6) is 0 Å². The minimum absolute atomic E-state index is 0.367. The lowest BCUT2D eigenvalue weighted by atomic mass is 9.92. The van der Waals surface area contributed by atoms with Gasteiger partial charge in [-0.05, 0) is 40.8 Å². The molecule has 1 aliphatic heterocycles. The Morgan fingerprint density at radius 1 is 1.39 bits per heavy atom. The third kappa shape index (κ3) is 4.52. The monoisotopic (exact) mass is 258 g/mol. The summed E-state index contributed by atoms with van der Waals surface area (Å²) < 4.78 is 5.14. The lowest BCUT2D eigenvalue weighted by Crippen LogP contribution is -2.53. The Hall–Kier alpha value is -1.30. The van der Waals surface area contributed by atoms with E-state index in [0.717, 1.165) is 6.54 Å². The number of hydrogen-bond donors (Lipinski definition) is 2. The normalized spacial score (nSPS) is 25.6. The zero-order chi connectivity index (χ0) is 13.9. The Bertz CT molecular complexity index is 325. The summed E-state index contributed by atoms with van der Waals surface area (Å²) in [4.78, 5) is 24.7. The second kappa shape index (κ2) is 5.56. The second-order valence-corrected chi connectivity index (χ2v) is 5.75. The molecule has 0 bridgehead atoms. The van der Waals surface area contributed by atoms with E-state index in [1.165, 1.54) is 0 Å². The first-order valence-electron chi connectivity index (χ1n) is 6.10. The predicted octanol–water partition coefficient (Wildman–Crippen LogP) is 0.916. The van der Waals surface area contributed by atoms with E-state index in [1.807, 2.05) is 11.9 Å². The Morgan fingerprint density at radius 3 is 2.50 bits per heavy atom. The van der Waals surface area contributed by atoms with Gasteiger partial charge in [-0.25, -0.2) is 4.79 Å². The highest BCUT2D eigenvalue weighted by Crippen LogP contribution is 2.17. The summed E-state index contributed by atoms with van der Waals surface area (Å²) in [6.45, 7) is 6.53. The van der Waals surface area contributed by atoms with Crippen LogP contribution in [-0.2, 0) is 9.53 Å². The first-order chi connectivity index (χ1) is 8.19. The highest BCUT2D eigenvalue weighted by atomic mass is 16.6. The van der Waals surface area contributed by atoms with Crippen molar-refractivity contribution in [3.05, 3.63) is 0 Å². The van der Waals surface area contributed by atoms with Gasteiger partial charge in [-0.2, -0.15) is 0 Å². The maximum Gasteiger partial charge on any atom is 0.407 e. The van der Waals surface area contributed by atoms with Gasteiger partial charge in [-0.1, -0.05) is 0 Å². The van der Waals surface area contributed by atoms with E-state index in [0.29, 0.717) is 13.0 Å². The molecular weight excluding hydrogens is 236 g/mol. The van der Waals surface area contributed by atoms with Gasteiger partial charge in [0.25, 0.3) is 0 Å². The fourth-order valence-corrected chi connectivity index (χ4v) is 2.00. The number of likely N-dealkylation sites (tertiary alicyclic amines) is 1. The number of carbonyl (C=O) groups is 2. The van der Waals surface area contributed by atoms with Crippen LogP contribution in [0.25, 0.3) is 0 Å². The number of nitrogens with zero attached hydrogens (tertiary/aromatic N) is 1. The van der Waals surface area contributed by atoms with E-state index in [4.69, 9.17) is 9.84 Å². The Kier molecular flexibility index (Phi) is 4.56. The van der Waals surface area contributed by atoms with Crippen molar-refractivity contribution in [2.24, 2.45) is 5.92 Å². The predicted molar refractivity (Wildman–Crippen MR) is 66.4 cm³/mol. The number of amides is 1. The van der Waals surface area contributed by atoms with Crippen molar-refractivity contribution >= 4 is 12.1 Å². The molecule has 1 aliphatic rings. The molecule has 18 heavy (non-hydrogen) atoms. The third-order valence-electron chi connectivity index (χ3n) is 2.84. The van der Waals surface area contributed by atoms with Crippen molar-refractivity contribution in [1.82, 2.24) is 10.2 Å². The molecule has 104 valence electrons. The smallest absolute Gasteiger partial charge is 0.407 e. The van der Waals surface area contributed by atoms with Crippen LogP contribution >= 0.6 is 0 Å². The van der Waals surface area contributed by atoms with E-state index >= 15 is 0 Å². The molecule has 0 aromatic heterocycles. The average Bonchev–Trinajstić information content (AvgIpc) is 2.17. The first-order valence-corrected chi connectivity index (χ1v) is 6.10. The van der Waals surface area contributed by atoms with E-state index < -0.39 is 23.6 Å². The van der Waals surface area contributed by atoms with E-state index in [1.54, 1.807) is 20.8 Å². The molecule has 2 N–H and O–H groups in total. The number of carbonyl (C=O) groups excluding carboxylic acids is 1. The topological polar surface area (TPSA) is 78.9 Å². The van der Waals surface area contributed by atoms with Gasteiger partial charge in [0.15, 0.2) is 0 Å². The second-order valence-electron chi connectivity index (χ2n) is 5.75. The molecule has 6 heteroatoms. The van der Waals surface area contributed by atoms with Crippen LogP contribution in [0, 0.1) is 5.92 Å². The molecule has 1 rings (SSSR count). The third-order valence-corrected chi connectivity index (χ3v) is 2.84. The summed E-state index contributed by atoms with van der Waals surface area (Å²) in [5, 5.41) is 11.8. The molecule has 0 radical (unpaired) electrons. The zero-order valence-corrected chi connectivity index (χ0v) is 11.4. The van der Waals surface area contributed by atoms with Gasteiger partial charge in [0, 0.05) is 12.6 Å². The number of alkyl carbamates (subject to hydrolysis) is 1. The minimum Gasteiger partial charge on any atom is -0.481 e. The minimum atomic E-state index is -0.886. The Morgan fingerprint density at radius 2 is 2.00 bits per heavy atom. The fraction of sp³-hybridized carbons (Fsp3) is 0.833. The van der Waals surface area contributed by atoms with Gasteiger partial charge >= 0.3 is 12.1 Å². The SMILES string of the molecule is CN1CC[C@@H](NC(=O)OC(C)(C)C)[C@H](C(=O)O)C1. The summed E-state index contributed by atoms with van der Waals surface area (Å²) in [5.74, 6) is -1.47. The number of carboxylic acids is 1. The molecule has 0 saturated carbocycles. The molecule has 0 aromatic rings. The van der Waals surface area contributed by atoms with Gasteiger partial charge in [-0.15, -0.1) is 0 Å². The summed E-state index contributed by atoms with van der Waals surface area (Å²) in [5.41, 5.74) is -0.575. The van der Waals surface area contributed by atoms with Crippen molar-refractivity contribution in [3.8, 4) is 0 Å². The number of ether oxygens (including phenoxy) is 1. The first kappa shape index (κ1) is 14.8. The molecule has 1 amide bonds. The molecular formula is C12H22N2O4. The maximum atomic E-state index is 11.6. The van der Waals surface area contributed by atoms with Crippen LogP contribution in [0.15, 0.2) is 0 Å². The summed E-state index contributed by atoms with van der Waals surface area (Å²) in [6, 6.07) is -0.367. The number of nitrogens with one attached hydrogen (secondary N) is 1. The van der Waals surface area contributed by atoms with Gasteiger partial charge in [0.1, 0.15) is 5.60 Å². The summed E-state index contributed by atoms with van der Waals surface area (Å²) >= 11 is 0. The molecule has 0 aromatic carbocycles. The van der Waals surface area contributed by atoms with Gasteiger partial charge in [-0.3, -0.25) is 4.79 Å². The van der Waals surface area contributed by atoms with Crippen LogP contribution < -0.4 is 5.32 Å². The van der Waals surface area contributed by atoms with Crippen molar-refractivity contribution in [2.75, 3.05) is 20.1 Å². The largest absolute Gasteiger partial charge is 0.481 e. The van der Waals surface area contributed by atoms with Gasteiger partial charge in [0.2, 0.25) is 0 Å². The molecule has 1 heterocycles. The van der Waals surface area contributed by atoms with Crippen LogP contribution in [0.2, 0.25) is 0 Å². The highest BCUT2D eigenvalue weighted by Gasteiger charge is 2.34. The quantitative estimate of drug-likeness (QED) is 0.770.